The first-order chi connectivity index (χ1) is 9.77. The highest BCUT2D eigenvalue weighted by molar-refractivity contribution is 5.93. The molecule has 0 aliphatic heterocycles. The number of benzene rings is 1. The van der Waals surface area contributed by atoms with E-state index in [0.717, 1.165) is 0 Å². The third-order valence-corrected chi connectivity index (χ3v) is 2.68. The lowest BCUT2D eigenvalue weighted by Crippen LogP contribution is -2.36. The fourth-order valence-electron chi connectivity index (χ4n) is 1.67. The van der Waals surface area contributed by atoms with E-state index in [2.05, 4.69) is 4.98 Å². The second kappa shape index (κ2) is 5.39. The Balaban J connectivity index is 2.18. The minimum Gasteiger partial charge on any atom is -0.478 e. The quantitative estimate of drug-likeness (QED) is 0.909. The first kappa shape index (κ1) is 14.8. The molecule has 0 aliphatic carbocycles. The summed E-state index contributed by atoms with van der Waals surface area (Å²) in [4.78, 5) is 25.6. The largest absolute Gasteiger partial charge is 0.478 e. The van der Waals surface area contributed by atoms with Gasteiger partial charge in [0.1, 0.15) is 0 Å². The summed E-state index contributed by atoms with van der Waals surface area (Å²) < 4.78 is 36.1. The van der Waals surface area contributed by atoms with Gasteiger partial charge in [0, 0.05) is 5.39 Å². The van der Waals surface area contributed by atoms with Crippen molar-refractivity contribution in [2.24, 2.45) is 0 Å². The van der Waals surface area contributed by atoms with Crippen LogP contribution in [0, 0.1) is 0 Å². The molecule has 0 bridgehead atoms. The van der Waals surface area contributed by atoms with E-state index in [-0.39, 0.29) is 17.8 Å². The number of rotatable bonds is 3. The summed E-state index contributed by atoms with van der Waals surface area (Å²) >= 11 is 0. The molecule has 2 N–H and O–H groups in total. The molecule has 21 heavy (non-hydrogen) atoms. The molecule has 0 unspecified atom stereocenters. The van der Waals surface area contributed by atoms with Crippen LogP contribution in [0.4, 0.5) is 13.2 Å². The normalized spacial score (nSPS) is 11.4. The maximum absolute atomic E-state index is 12.0. The Morgan fingerprint density at radius 2 is 1.90 bits per heavy atom. The van der Waals surface area contributed by atoms with Gasteiger partial charge in [0.15, 0.2) is 0 Å². The molecule has 1 heterocycles. The van der Waals surface area contributed by atoms with Gasteiger partial charge in [-0.1, -0.05) is 6.07 Å². The van der Waals surface area contributed by atoms with Crippen molar-refractivity contribution in [3.05, 3.63) is 41.6 Å². The van der Waals surface area contributed by atoms with Crippen molar-refractivity contribution in [3.8, 4) is 0 Å². The van der Waals surface area contributed by atoms with Crippen LogP contribution in [-0.4, -0.2) is 28.1 Å². The van der Waals surface area contributed by atoms with Crippen molar-refractivity contribution in [1.82, 2.24) is 10.3 Å². The van der Waals surface area contributed by atoms with E-state index < -0.39 is 18.1 Å². The molecule has 1 aromatic carbocycles. The summed E-state index contributed by atoms with van der Waals surface area (Å²) in [7, 11) is 0. The van der Waals surface area contributed by atoms with Crippen LogP contribution in [0.2, 0.25) is 0 Å². The van der Waals surface area contributed by atoms with Crippen LogP contribution < -0.4 is 5.32 Å². The highest BCUT2D eigenvalue weighted by Crippen LogP contribution is 2.16. The van der Waals surface area contributed by atoms with Crippen molar-refractivity contribution < 1.29 is 27.9 Å². The number of carboxylic acid groups (broad SMARTS) is 1. The maximum Gasteiger partial charge on any atom is 0.471 e. The van der Waals surface area contributed by atoms with Gasteiger partial charge < -0.3 is 10.4 Å². The smallest absolute Gasteiger partial charge is 0.471 e. The first-order valence-corrected chi connectivity index (χ1v) is 5.75. The summed E-state index contributed by atoms with van der Waals surface area (Å²) in [5, 5.41) is 11.1. The molecule has 0 atom stereocenters. The van der Waals surface area contributed by atoms with Gasteiger partial charge in [-0.25, -0.2) is 4.79 Å². The number of nitrogens with one attached hydrogen (secondary N) is 1. The third-order valence-electron chi connectivity index (χ3n) is 2.68. The zero-order valence-corrected chi connectivity index (χ0v) is 10.4. The van der Waals surface area contributed by atoms with Gasteiger partial charge >= 0.3 is 18.1 Å². The van der Waals surface area contributed by atoms with Crippen LogP contribution in [-0.2, 0) is 11.3 Å². The number of halogens is 3. The number of carbonyl (C=O) groups excluding carboxylic acids is 1. The summed E-state index contributed by atoms with van der Waals surface area (Å²) in [6, 6.07) is 7.15. The Kier molecular flexibility index (Phi) is 3.79. The zero-order valence-electron chi connectivity index (χ0n) is 10.4. The fraction of sp³-hybridized carbons (Fsp3) is 0.154. The van der Waals surface area contributed by atoms with Crippen molar-refractivity contribution in [2.75, 3.05) is 0 Å². The van der Waals surface area contributed by atoms with Crippen LogP contribution in [0.3, 0.4) is 0 Å². The van der Waals surface area contributed by atoms with E-state index in [4.69, 9.17) is 5.11 Å². The van der Waals surface area contributed by atoms with E-state index >= 15 is 0 Å². The van der Waals surface area contributed by atoms with Crippen LogP contribution in [0.25, 0.3) is 10.9 Å². The number of pyridine rings is 1. The van der Waals surface area contributed by atoms with Crippen molar-refractivity contribution >= 4 is 22.8 Å². The number of amides is 1. The van der Waals surface area contributed by atoms with Crippen LogP contribution in [0.5, 0.6) is 0 Å². The van der Waals surface area contributed by atoms with E-state index in [1.165, 1.54) is 30.3 Å². The molecular weight excluding hydrogens is 289 g/mol. The summed E-state index contributed by atoms with van der Waals surface area (Å²) in [6.45, 7) is -0.366. The lowest BCUT2D eigenvalue weighted by molar-refractivity contribution is -0.173. The Morgan fingerprint density at radius 3 is 2.52 bits per heavy atom. The molecule has 5 nitrogen and oxygen atoms in total. The number of alkyl halides is 3. The Bertz CT molecular complexity index is 713. The summed E-state index contributed by atoms with van der Waals surface area (Å²) in [5.41, 5.74) is 0.754. The van der Waals surface area contributed by atoms with Crippen LogP contribution in [0.15, 0.2) is 30.3 Å². The second-order valence-electron chi connectivity index (χ2n) is 4.20. The molecule has 1 amide bonds. The number of aromatic nitrogens is 1. The van der Waals surface area contributed by atoms with Crippen molar-refractivity contribution in [3.63, 3.8) is 0 Å². The highest BCUT2D eigenvalue weighted by atomic mass is 19.4. The SMILES string of the molecule is O=C(O)c1ccc2nc(CNC(=O)C(F)(F)F)ccc2c1. The van der Waals surface area contributed by atoms with Crippen molar-refractivity contribution in [2.45, 2.75) is 12.7 Å². The number of hydrogen-bond donors (Lipinski definition) is 2. The van der Waals surface area contributed by atoms with Gasteiger partial charge in [-0.15, -0.1) is 0 Å². The van der Waals surface area contributed by atoms with Gasteiger partial charge in [0.25, 0.3) is 0 Å². The number of nitrogens with zero attached hydrogens (tertiary/aromatic N) is 1. The topological polar surface area (TPSA) is 79.3 Å². The second-order valence-corrected chi connectivity index (χ2v) is 4.20. The number of fused-ring (bicyclic) bond motifs is 1. The van der Waals surface area contributed by atoms with Gasteiger partial charge in [-0.05, 0) is 24.3 Å². The van der Waals surface area contributed by atoms with Gasteiger partial charge in [0.2, 0.25) is 0 Å². The molecule has 110 valence electrons. The third kappa shape index (κ3) is 3.47. The monoisotopic (exact) mass is 298 g/mol. The Hall–Kier alpha value is -2.64. The predicted molar refractivity (Wildman–Crippen MR) is 66.6 cm³/mol. The van der Waals surface area contributed by atoms with Gasteiger partial charge in [0.05, 0.1) is 23.3 Å². The number of carboxylic acids is 1. The molecule has 0 spiro atoms. The molecule has 8 heteroatoms. The molecule has 1 aromatic heterocycles. The van der Waals surface area contributed by atoms with E-state index in [0.29, 0.717) is 10.9 Å². The predicted octanol–water partition coefficient (Wildman–Crippen LogP) is 2.11. The molecular formula is C13H9F3N2O3. The molecule has 2 aromatic rings. The van der Waals surface area contributed by atoms with E-state index in [1.54, 1.807) is 5.32 Å². The van der Waals surface area contributed by atoms with E-state index in [1.807, 2.05) is 0 Å². The average molecular weight is 298 g/mol. The minimum absolute atomic E-state index is 0.0856. The number of aromatic carboxylic acids is 1. The molecule has 0 fully saturated rings. The molecule has 0 saturated carbocycles. The summed E-state index contributed by atoms with van der Waals surface area (Å²) in [5.74, 6) is -3.12. The van der Waals surface area contributed by atoms with E-state index in [9.17, 15) is 22.8 Å². The fourth-order valence-corrected chi connectivity index (χ4v) is 1.67. The standard InChI is InChI=1S/C13H9F3N2O3/c14-13(15,16)12(21)17-6-9-3-1-7-5-8(11(19)20)2-4-10(7)18-9/h1-5H,6H2,(H,17,21)(H,19,20). The Morgan fingerprint density at radius 1 is 1.19 bits per heavy atom. The van der Waals surface area contributed by atoms with Crippen molar-refractivity contribution in [1.29, 1.82) is 0 Å². The van der Waals surface area contributed by atoms with Gasteiger partial charge in [-0.3, -0.25) is 9.78 Å². The average Bonchev–Trinajstić information content (AvgIpc) is 2.42. The lowest BCUT2D eigenvalue weighted by atomic mass is 10.1. The zero-order chi connectivity index (χ0) is 15.6. The van der Waals surface area contributed by atoms with Gasteiger partial charge in [-0.2, -0.15) is 13.2 Å². The summed E-state index contributed by atoms with van der Waals surface area (Å²) in [6.07, 6.45) is -4.94. The molecule has 2 rings (SSSR count). The highest BCUT2D eigenvalue weighted by Gasteiger charge is 2.38. The van der Waals surface area contributed by atoms with Crippen LogP contribution in [0.1, 0.15) is 16.1 Å². The Labute approximate surface area is 116 Å². The van der Waals surface area contributed by atoms with Crippen LogP contribution >= 0.6 is 0 Å². The number of carbonyl (C=O) groups is 2. The molecule has 0 radical (unpaired) electrons. The molecule has 0 saturated heterocycles. The molecule has 0 aliphatic rings. The minimum atomic E-state index is -4.94. The lowest BCUT2D eigenvalue weighted by Gasteiger charge is -2.08. The maximum atomic E-state index is 12.0. The number of hydrogen-bond acceptors (Lipinski definition) is 3. The first-order valence-electron chi connectivity index (χ1n) is 5.75.